The second-order valence-electron chi connectivity index (χ2n) is 4.69. The van der Waals surface area contributed by atoms with Crippen LogP contribution in [0.3, 0.4) is 0 Å². The lowest BCUT2D eigenvalue weighted by Crippen LogP contribution is -2.50. The number of alkyl halides is 3. The lowest BCUT2D eigenvalue weighted by atomic mass is 9.98. The topological polar surface area (TPSA) is 32.3 Å². The molecule has 0 saturated carbocycles. The third-order valence-corrected chi connectivity index (χ3v) is 4.21. The second kappa shape index (κ2) is 4.52. The van der Waals surface area contributed by atoms with E-state index in [1.807, 2.05) is 0 Å². The van der Waals surface area contributed by atoms with E-state index in [0.29, 0.717) is 12.1 Å². The summed E-state index contributed by atoms with van der Waals surface area (Å²) in [6.07, 6.45) is 4.33. The van der Waals surface area contributed by atoms with Gasteiger partial charge in [0, 0.05) is 18.1 Å². The van der Waals surface area contributed by atoms with Gasteiger partial charge < -0.3 is 10.2 Å². The van der Waals surface area contributed by atoms with Gasteiger partial charge in [-0.3, -0.25) is 4.79 Å². The zero-order valence-electron chi connectivity index (χ0n) is 9.05. The number of nitrogens with zero attached hydrogens (tertiary/aromatic N) is 1. The molecule has 16 heavy (non-hydrogen) atoms. The number of rotatable bonds is 1. The van der Waals surface area contributed by atoms with Gasteiger partial charge in [0.25, 0.3) is 9.70 Å². The molecule has 1 amide bonds. The summed E-state index contributed by atoms with van der Waals surface area (Å²) in [5.41, 5.74) is 0. The average molecular weight is 286 g/mol. The number of piperidine rings is 1. The van der Waals surface area contributed by atoms with E-state index in [-0.39, 0.29) is 6.04 Å². The van der Waals surface area contributed by atoms with Crippen molar-refractivity contribution in [3.63, 3.8) is 0 Å². The predicted molar refractivity (Wildman–Crippen MR) is 66.0 cm³/mol. The monoisotopic (exact) mass is 284 g/mol. The summed E-state index contributed by atoms with van der Waals surface area (Å²) in [5, 5.41) is 2.82. The van der Waals surface area contributed by atoms with Crippen LogP contribution in [0.2, 0.25) is 0 Å². The minimum absolute atomic E-state index is 0.150. The summed E-state index contributed by atoms with van der Waals surface area (Å²) in [6, 6.07) is 1.29. The Morgan fingerprint density at radius 1 is 1.25 bits per heavy atom. The van der Waals surface area contributed by atoms with E-state index in [1.165, 1.54) is 12.8 Å². The van der Waals surface area contributed by atoms with Gasteiger partial charge >= 0.3 is 0 Å². The lowest BCUT2D eigenvalue weighted by molar-refractivity contribution is -0.121. The van der Waals surface area contributed by atoms with Crippen LogP contribution in [0.4, 0.5) is 0 Å². The number of amides is 1. The first-order chi connectivity index (χ1) is 7.38. The van der Waals surface area contributed by atoms with Crippen molar-refractivity contribution in [1.82, 2.24) is 10.2 Å². The molecule has 2 fully saturated rings. The quantitative estimate of drug-likeness (QED) is 0.748. The summed E-state index contributed by atoms with van der Waals surface area (Å²) in [7, 11) is 2.15. The van der Waals surface area contributed by atoms with Crippen molar-refractivity contribution in [2.45, 2.75) is 47.6 Å². The molecule has 92 valence electrons. The van der Waals surface area contributed by atoms with Gasteiger partial charge in [-0.15, -0.1) is 0 Å². The standard InChI is InChI=1S/C10H15Cl3N2O/c1-15-7-2-3-8(15)5-6(4-7)14-9(16)10(11,12)13/h6-8H,2-5H2,1H3,(H,14,16)/t6-,7+,8-. The first-order valence-corrected chi connectivity index (χ1v) is 6.61. The summed E-state index contributed by atoms with van der Waals surface area (Å²) in [6.45, 7) is 0. The Hall–Kier alpha value is 0.300. The molecule has 6 heteroatoms. The number of nitrogens with one attached hydrogen (secondary N) is 1. The van der Waals surface area contributed by atoms with Gasteiger partial charge in [-0.05, 0) is 32.7 Å². The highest BCUT2D eigenvalue weighted by molar-refractivity contribution is 6.76. The SMILES string of the molecule is CN1[C@@H]2CC[C@H]1C[C@@H](NC(=O)C(Cl)(Cl)Cl)C2. The predicted octanol–water partition coefficient (Wildman–Crippen LogP) is 2.10. The zero-order chi connectivity index (χ0) is 11.9. The molecule has 2 rings (SSSR count). The maximum atomic E-state index is 11.5. The van der Waals surface area contributed by atoms with E-state index in [1.54, 1.807) is 0 Å². The minimum Gasteiger partial charge on any atom is -0.350 e. The summed E-state index contributed by atoms with van der Waals surface area (Å²) >= 11 is 16.6. The van der Waals surface area contributed by atoms with Crippen molar-refractivity contribution in [3.05, 3.63) is 0 Å². The Kier molecular flexibility index (Phi) is 3.60. The molecule has 0 aliphatic carbocycles. The molecule has 0 aromatic rings. The normalized spacial score (nSPS) is 35.1. The zero-order valence-corrected chi connectivity index (χ0v) is 11.3. The molecule has 3 atom stereocenters. The molecule has 3 nitrogen and oxygen atoms in total. The molecule has 2 bridgehead atoms. The Morgan fingerprint density at radius 3 is 2.19 bits per heavy atom. The lowest BCUT2D eigenvalue weighted by Gasteiger charge is -2.36. The Balaban J connectivity index is 1.92. The first-order valence-electron chi connectivity index (χ1n) is 5.47. The molecule has 1 N–H and O–H groups in total. The highest BCUT2D eigenvalue weighted by Gasteiger charge is 2.40. The largest absolute Gasteiger partial charge is 0.350 e. The Bertz CT molecular complexity index is 278. The van der Waals surface area contributed by atoms with Crippen LogP contribution in [0, 0.1) is 0 Å². The highest BCUT2D eigenvalue weighted by atomic mass is 35.6. The molecule has 0 spiro atoms. The molecule has 2 aliphatic heterocycles. The van der Waals surface area contributed by atoms with Crippen molar-refractivity contribution in [3.8, 4) is 0 Å². The molecule has 2 saturated heterocycles. The molecule has 0 unspecified atom stereocenters. The van der Waals surface area contributed by atoms with E-state index in [2.05, 4.69) is 17.3 Å². The van der Waals surface area contributed by atoms with Gasteiger partial charge in [-0.25, -0.2) is 0 Å². The molecule has 2 aliphatic rings. The molecule has 0 aromatic heterocycles. The van der Waals surface area contributed by atoms with Gasteiger partial charge in [-0.2, -0.15) is 0 Å². The Labute approximate surface area is 110 Å². The number of carbonyl (C=O) groups excluding carboxylic acids is 1. The fraction of sp³-hybridized carbons (Fsp3) is 0.900. The first kappa shape index (κ1) is 12.7. The maximum Gasteiger partial charge on any atom is 0.272 e. The second-order valence-corrected chi connectivity index (χ2v) is 6.97. The molecule has 2 heterocycles. The minimum atomic E-state index is -1.84. The summed E-state index contributed by atoms with van der Waals surface area (Å²) < 4.78 is -1.84. The van der Waals surface area contributed by atoms with E-state index in [4.69, 9.17) is 34.8 Å². The van der Waals surface area contributed by atoms with Crippen molar-refractivity contribution in [2.24, 2.45) is 0 Å². The number of hydrogen-bond donors (Lipinski definition) is 1. The average Bonchev–Trinajstić information content (AvgIpc) is 2.41. The van der Waals surface area contributed by atoms with Gasteiger partial charge in [0.1, 0.15) is 0 Å². The third-order valence-electron chi connectivity index (χ3n) is 3.69. The van der Waals surface area contributed by atoms with Crippen LogP contribution in [0.15, 0.2) is 0 Å². The van der Waals surface area contributed by atoms with Crippen LogP contribution in [0.25, 0.3) is 0 Å². The van der Waals surface area contributed by atoms with E-state index in [0.717, 1.165) is 12.8 Å². The van der Waals surface area contributed by atoms with Gasteiger partial charge in [0.2, 0.25) is 0 Å². The van der Waals surface area contributed by atoms with Crippen molar-refractivity contribution in [1.29, 1.82) is 0 Å². The Morgan fingerprint density at radius 2 is 1.75 bits per heavy atom. The van der Waals surface area contributed by atoms with Crippen molar-refractivity contribution < 1.29 is 4.79 Å². The van der Waals surface area contributed by atoms with Crippen molar-refractivity contribution in [2.75, 3.05) is 7.05 Å². The number of fused-ring (bicyclic) bond motifs is 2. The molecule has 0 radical (unpaired) electrons. The smallest absolute Gasteiger partial charge is 0.272 e. The summed E-state index contributed by atoms with van der Waals surface area (Å²) in [4.78, 5) is 13.9. The van der Waals surface area contributed by atoms with Crippen LogP contribution >= 0.6 is 34.8 Å². The van der Waals surface area contributed by atoms with Crippen molar-refractivity contribution >= 4 is 40.7 Å². The van der Waals surface area contributed by atoms with E-state index < -0.39 is 9.70 Å². The molecular formula is C10H15Cl3N2O. The fourth-order valence-corrected chi connectivity index (χ4v) is 2.96. The van der Waals surface area contributed by atoms with Crippen LogP contribution in [0.1, 0.15) is 25.7 Å². The van der Waals surface area contributed by atoms with Gasteiger partial charge in [-0.1, -0.05) is 34.8 Å². The van der Waals surface area contributed by atoms with Gasteiger partial charge in [0.05, 0.1) is 0 Å². The fourth-order valence-electron chi connectivity index (χ4n) is 2.80. The van der Waals surface area contributed by atoms with Crippen LogP contribution in [0.5, 0.6) is 0 Å². The number of carbonyl (C=O) groups is 1. The third kappa shape index (κ3) is 2.58. The van der Waals surface area contributed by atoms with Crippen LogP contribution in [-0.4, -0.2) is 39.8 Å². The van der Waals surface area contributed by atoms with Gasteiger partial charge in [0.15, 0.2) is 0 Å². The van der Waals surface area contributed by atoms with Crippen LogP contribution < -0.4 is 5.32 Å². The van der Waals surface area contributed by atoms with E-state index in [9.17, 15) is 4.79 Å². The molecule has 0 aromatic carbocycles. The maximum absolute atomic E-state index is 11.5. The van der Waals surface area contributed by atoms with Crippen LogP contribution in [-0.2, 0) is 4.79 Å². The summed E-state index contributed by atoms with van der Waals surface area (Å²) in [5.74, 6) is -0.508. The number of hydrogen-bond acceptors (Lipinski definition) is 2. The highest BCUT2D eigenvalue weighted by Crippen LogP contribution is 2.35. The number of halogens is 3. The molecular weight excluding hydrogens is 270 g/mol. The van der Waals surface area contributed by atoms with E-state index >= 15 is 0 Å².